The number of carboxylic acids is 1. The van der Waals surface area contributed by atoms with E-state index in [0.29, 0.717) is 31.5 Å². The summed E-state index contributed by atoms with van der Waals surface area (Å²) in [5.41, 5.74) is -0.296. The van der Waals surface area contributed by atoms with E-state index < -0.39 is 11.5 Å². The molecule has 0 aromatic carbocycles. The van der Waals surface area contributed by atoms with Gasteiger partial charge in [-0.15, -0.1) is 0 Å². The zero-order chi connectivity index (χ0) is 12.5. The predicted octanol–water partition coefficient (Wildman–Crippen LogP) is 1.74. The van der Waals surface area contributed by atoms with Crippen LogP contribution in [0.2, 0.25) is 0 Å². The van der Waals surface area contributed by atoms with Gasteiger partial charge in [0.25, 0.3) is 0 Å². The molecular weight excluding hydrogens is 218 g/mol. The quantitative estimate of drug-likeness (QED) is 0.800. The molecule has 0 amide bonds. The molecule has 0 radical (unpaired) electrons. The summed E-state index contributed by atoms with van der Waals surface area (Å²) in [6, 6.07) is 0. The van der Waals surface area contributed by atoms with E-state index in [1.165, 1.54) is 0 Å². The summed E-state index contributed by atoms with van der Waals surface area (Å²) in [7, 11) is 0. The third-order valence-electron chi connectivity index (χ3n) is 4.44. The molecular formula is C13H23NO3. The van der Waals surface area contributed by atoms with Gasteiger partial charge in [-0.2, -0.15) is 0 Å². The summed E-state index contributed by atoms with van der Waals surface area (Å²) in [5.74, 6) is -0.666. The van der Waals surface area contributed by atoms with E-state index in [4.69, 9.17) is 4.74 Å². The fourth-order valence-corrected chi connectivity index (χ4v) is 2.91. The van der Waals surface area contributed by atoms with Crippen molar-refractivity contribution in [3.05, 3.63) is 0 Å². The first-order valence-electron chi connectivity index (χ1n) is 6.53. The summed E-state index contributed by atoms with van der Waals surface area (Å²) in [6.45, 7) is 7.49. The Morgan fingerprint density at radius 2 is 1.65 bits per heavy atom. The van der Waals surface area contributed by atoms with Crippen LogP contribution in [0.4, 0.5) is 0 Å². The monoisotopic (exact) mass is 241 g/mol. The lowest BCUT2D eigenvalue weighted by Crippen LogP contribution is -2.60. The molecule has 0 aliphatic carbocycles. The molecule has 4 nitrogen and oxygen atoms in total. The number of hydrogen-bond donors (Lipinski definition) is 1. The van der Waals surface area contributed by atoms with Gasteiger partial charge in [-0.3, -0.25) is 9.69 Å². The smallest absolute Gasteiger partial charge is 0.324 e. The van der Waals surface area contributed by atoms with E-state index in [9.17, 15) is 9.90 Å². The van der Waals surface area contributed by atoms with Gasteiger partial charge in [0.2, 0.25) is 0 Å². The highest BCUT2D eigenvalue weighted by molar-refractivity contribution is 5.79. The van der Waals surface area contributed by atoms with Gasteiger partial charge in [-0.25, -0.2) is 0 Å². The second kappa shape index (κ2) is 4.58. The van der Waals surface area contributed by atoms with E-state index in [1.807, 2.05) is 0 Å². The molecule has 98 valence electrons. The van der Waals surface area contributed by atoms with Crippen LogP contribution in [0.15, 0.2) is 0 Å². The highest BCUT2D eigenvalue weighted by Gasteiger charge is 2.47. The lowest BCUT2D eigenvalue weighted by molar-refractivity contribution is -0.161. The van der Waals surface area contributed by atoms with Crippen molar-refractivity contribution in [2.75, 3.05) is 26.3 Å². The van der Waals surface area contributed by atoms with Crippen LogP contribution < -0.4 is 0 Å². The minimum absolute atomic E-state index is 0.362. The highest BCUT2D eigenvalue weighted by atomic mass is 16.5. The van der Waals surface area contributed by atoms with Crippen LogP contribution in [0.1, 0.15) is 39.5 Å². The van der Waals surface area contributed by atoms with E-state index in [0.717, 1.165) is 25.9 Å². The number of carboxylic acid groups (broad SMARTS) is 1. The number of rotatable bonds is 2. The van der Waals surface area contributed by atoms with Crippen molar-refractivity contribution >= 4 is 5.97 Å². The lowest BCUT2D eigenvalue weighted by Gasteiger charge is -2.47. The second-order valence-electron chi connectivity index (χ2n) is 6.10. The maximum atomic E-state index is 11.6. The van der Waals surface area contributed by atoms with E-state index in [1.54, 1.807) is 0 Å². The molecule has 2 aliphatic heterocycles. The zero-order valence-corrected chi connectivity index (χ0v) is 10.9. The Kier molecular flexibility index (Phi) is 3.46. The fraction of sp³-hybridized carbons (Fsp3) is 0.923. The molecule has 0 atom stereocenters. The molecule has 0 aromatic heterocycles. The molecule has 2 heterocycles. The number of ether oxygens (including phenoxy) is 1. The van der Waals surface area contributed by atoms with Crippen molar-refractivity contribution in [2.45, 2.75) is 45.1 Å². The van der Waals surface area contributed by atoms with Crippen LogP contribution in [0.25, 0.3) is 0 Å². The van der Waals surface area contributed by atoms with Gasteiger partial charge >= 0.3 is 5.97 Å². The van der Waals surface area contributed by atoms with Crippen molar-refractivity contribution in [2.24, 2.45) is 5.41 Å². The van der Waals surface area contributed by atoms with E-state index in [-0.39, 0.29) is 0 Å². The first-order valence-corrected chi connectivity index (χ1v) is 6.53. The Bertz CT molecular complexity index is 285. The minimum Gasteiger partial charge on any atom is -0.480 e. The summed E-state index contributed by atoms with van der Waals surface area (Å²) >= 11 is 0. The normalized spacial score (nSPS) is 28.8. The van der Waals surface area contributed by atoms with Gasteiger partial charge in [-0.1, -0.05) is 13.8 Å². The van der Waals surface area contributed by atoms with Gasteiger partial charge in [0.1, 0.15) is 5.54 Å². The van der Waals surface area contributed by atoms with Crippen LogP contribution in [-0.2, 0) is 9.53 Å². The van der Waals surface area contributed by atoms with Gasteiger partial charge < -0.3 is 9.84 Å². The molecule has 0 unspecified atom stereocenters. The van der Waals surface area contributed by atoms with Gasteiger partial charge in [-0.05, 0) is 44.2 Å². The van der Waals surface area contributed by atoms with Crippen LogP contribution in [0, 0.1) is 5.41 Å². The Balaban J connectivity index is 2.10. The van der Waals surface area contributed by atoms with Crippen molar-refractivity contribution in [1.29, 1.82) is 0 Å². The number of piperidine rings is 1. The number of likely N-dealkylation sites (tertiary alicyclic amines) is 1. The minimum atomic E-state index is -0.666. The standard InChI is InChI=1S/C13H23NO3/c1-12(2)3-7-14(8-4-12)13(11(15)16)5-9-17-10-6-13/h3-10H2,1-2H3,(H,15,16). The van der Waals surface area contributed by atoms with Crippen LogP contribution in [0.5, 0.6) is 0 Å². The number of hydrogen-bond acceptors (Lipinski definition) is 3. The number of aliphatic carboxylic acids is 1. The maximum absolute atomic E-state index is 11.6. The van der Waals surface area contributed by atoms with Crippen LogP contribution in [0.3, 0.4) is 0 Å². The average molecular weight is 241 g/mol. The largest absolute Gasteiger partial charge is 0.480 e. The molecule has 0 bridgehead atoms. The molecule has 17 heavy (non-hydrogen) atoms. The molecule has 0 saturated carbocycles. The average Bonchev–Trinajstić information content (AvgIpc) is 2.29. The van der Waals surface area contributed by atoms with Crippen molar-refractivity contribution in [3.63, 3.8) is 0 Å². The number of carbonyl (C=O) groups is 1. The molecule has 2 fully saturated rings. The lowest BCUT2D eigenvalue weighted by atomic mass is 9.79. The summed E-state index contributed by atoms with van der Waals surface area (Å²) in [6.07, 6.45) is 3.43. The van der Waals surface area contributed by atoms with E-state index in [2.05, 4.69) is 18.7 Å². The highest BCUT2D eigenvalue weighted by Crippen LogP contribution is 2.36. The first kappa shape index (κ1) is 12.8. The molecule has 0 aromatic rings. The molecule has 0 spiro atoms. The van der Waals surface area contributed by atoms with Crippen molar-refractivity contribution < 1.29 is 14.6 Å². The van der Waals surface area contributed by atoms with E-state index >= 15 is 0 Å². The summed E-state index contributed by atoms with van der Waals surface area (Å²) in [5, 5.41) is 9.57. The number of nitrogens with zero attached hydrogens (tertiary/aromatic N) is 1. The molecule has 2 saturated heterocycles. The Morgan fingerprint density at radius 1 is 1.12 bits per heavy atom. The van der Waals surface area contributed by atoms with Crippen LogP contribution in [-0.4, -0.2) is 47.8 Å². The Morgan fingerprint density at radius 3 is 2.12 bits per heavy atom. The SMILES string of the molecule is CC1(C)CCN(C2(C(=O)O)CCOCC2)CC1. The summed E-state index contributed by atoms with van der Waals surface area (Å²) < 4.78 is 5.32. The second-order valence-corrected chi connectivity index (χ2v) is 6.10. The van der Waals surface area contributed by atoms with Crippen LogP contribution >= 0.6 is 0 Å². The van der Waals surface area contributed by atoms with Crippen molar-refractivity contribution in [3.8, 4) is 0 Å². The maximum Gasteiger partial charge on any atom is 0.324 e. The van der Waals surface area contributed by atoms with Gasteiger partial charge in [0, 0.05) is 13.2 Å². The topological polar surface area (TPSA) is 49.8 Å². The Hall–Kier alpha value is -0.610. The molecule has 2 aliphatic rings. The van der Waals surface area contributed by atoms with Gasteiger partial charge in [0.15, 0.2) is 0 Å². The molecule has 2 rings (SSSR count). The Labute approximate surface area is 103 Å². The molecule has 4 heteroatoms. The van der Waals surface area contributed by atoms with Crippen molar-refractivity contribution in [1.82, 2.24) is 4.90 Å². The molecule has 1 N–H and O–H groups in total. The zero-order valence-electron chi connectivity index (χ0n) is 10.9. The van der Waals surface area contributed by atoms with Gasteiger partial charge in [0.05, 0.1) is 0 Å². The third-order valence-corrected chi connectivity index (χ3v) is 4.44. The predicted molar refractivity (Wildman–Crippen MR) is 65.0 cm³/mol. The third kappa shape index (κ3) is 2.47. The fourth-order valence-electron chi connectivity index (χ4n) is 2.91. The summed E-state index contributed by atoms with van der Waals surface area (Å²) in [4.78, 5) is 13.8. The first-order chi connectivity index (χ1) is 7.96.